The van der Waals surface area contributed by atoms with Gasteiger partial charge in [0, 0.05) is 26.0 Å². The molecule has 0 radical (unpaired) electrons. The monoisotopic (exact) mass is 431 g/mol. The zero-order valence-electron chi connectivity index (χ0n) is 16.3. The van der Waals surface area contributed by atoms with Crippen molar-refractivity contribution in [2.24, 2.45) is 0 Å². The van der Waals surface area contributed by atoms with Gasteiger partial charge in [0.25, 0.3) is 5.91 Å². The molecule has 1 aromatic heterocycles. The molecule has 0 saturated carbocycles. The summed E-state index contributed by atoms with van der Waals surface area (Å²) < 4.78 is 0.520. The average molecular weight is 432 g/mol. The summed E-state index contributed by atoms with van der Waals surface area (Å²) in [5.74, 6) is 1.07. The van der Waals surface area contributed by atoms with Crippen molar-refractivity contribution in [2.75, 3.05) is 24.7 Å². The van der Waals surface area contributed by atoms with Gasteiger partial charge >= 0.3 is 0 Å². The third kappa shape index (κ3) is 7.66. The molecule has 1 fully saturated rings. The molecule has 1 N–H and O–H groups in total. The lowest BCUT2D eigenvalue weighted by molar-refractivity contribution is -0.115. The first kappa shape index (κ1) is 22.5. The maximum atomic E-state index is 11.5. The van der Waals surface area contributed by atoms with E-state index in [1.165, 1.54) is 30.4 Å². The van der Waals surface area contributed by atoms with Crippen LogP contribution in [0.1, 0.15) is 25.3 Å². The zero-order valence-corrected chi connectivity index (χ0v) is 18.8. The van der Waals surface area contributed by atoms with Gasteiger partial charge in [-0.2, -0.15) is 0 Å². The van der Waals surface area contributed by atoms with Crippen LogP contribution in [0.25, 0.3) is 6.08 Å². The number of hydrogen-bond donors (Lipinski definition) is 1. The predicted octanol–water partition coefficient (Wildman–Crippen LogP) is 5.22. The number of thioether (sulfide) groups is 2. The highest BCUT2D eigenvalue weighted by Crippen LogP contribution is 2.26. The van der Waals surface area contributed by atoms with Crippen LogP contribution in [0.15, 0.2) is 58.6 Å². The molecule has 28 heavy (non-hydrogen) atoms. The molecule has 2 heterocycles. The second-order valence-corrected chi connectivity index (χ2v) is 9.04. The number of thiocarbonyl (C=S) groups is 1. The van der Waals surface area contributed by atoms with E-state index in [1.807, 2.05) is 79.4 Å². The summed E-state index contributed by atoms with van der Waals surface area (Å²) in [7, 11) is 3.98. The van der Waals surface area contributed by atoms with E-state index in [2.05, 4.69) is 23.3 Å². The molecule has 7 heteroatoms. The number of carbonyl (C=O) groups is 1. The first-order valence-corrected chi connectivity index (χ1v) is 11.3. The van der Waals surface area contributed by atoms with Gasteiger partial charge in [-0.15, -0.1) is 11.8 Å². The van der Waals surface area contributed by atoms with Crippen LogP contribution in [0.4, 0.5) is 5.69 Å². The number of anilines is 1. The van der Waals surface area contributed by atoms with Gasteiger partial charge in [0.1, 0.15) is 4.32 Å². The van der Waals surface area contributed by atoms with E-state index in [4.69, 9.17) is 12.2 Å². The van der Waals surface area contributed by atoms with E-state index in [-0.39, 0.29) is 5.91 Å². The molecular weight excluding hydrogens is 406 g/mol. The van der Waals surface area contributed by atoms with Crippen molar-refractivity contribution < 1.29 is 4.79 Å². The molecule has 1 aromatic carbocycles. The van der Waals surface area contributed by atoms with Gasteiger partial charge in [-0.25, -0.2) is 4.98 Å². The Morgan fingerprint density at radius 3 is 2.50 bits per heavy atom. The molecule has 3 rings (SSSR count). The Morgan fingerprint density at radius 1 is 1.21 bits per heavy atom. The lowest BCUT2D eigenvalue weighted by Gasteiger charge is -2.11. The highest BCUT2D eigenvalue weighted by atomic mass is 32.2. The molecular formula is C21H25N3OS3. The maximum Gasteiger partial charge on any atom is 0.263 e. The van der Waals surface area contributed by atoms with E-state index in [9.17, 15) is 4.79 Å². The van der Waals surface area contributed by atoms with Crippen molar-refractivity contribution in [2.45, 2.75) is 24.8 Å². The van der Waals surface area contributed by atoms with Crippen LogP contribution in [0, 0.1) is 0 Å². The van der Waals surface area contributed by atoms with Gasteiger partial charge in [0.15, 0.2) is 0 Å². The zero-order chi connectivity index (χ0) is 20.4. The molecule has 1 aliphatic rings. The lowest BCUT2D eigenvalue weighted by Crippen LogP contribution is -2.17. The van der Waals surface area contributed by atoms with Gasteiger partial charge in [-0.05, 0) is 48.1 Å². The molecule has 0 atom stereocenters. The van der Waals surface area contributed by atoms with Gasteiger partial charge in [0.05, 0.1) is 9.93 Å². The van der Waals surface area contributed by atoms with Gasteiger partial charge in [-0.3, -0.25) is 4.79 Å². The number of nitrogens with zero attached hydrogens (tertiary/aromatic N) is 2. The molecule has 1 amide bonds. The number of unbranched alkanes of at least 4 members (excludes halogenated alkanes) is 1. The SMILES string of the molecule is CCCCSc1ccccn1.CN(C)c1ccc(C=C2SC(=S)NC2=O)cc1. The highest BCUT2D eigenvalue weighted by Gasteiger charge is 2.21. The summed E-state index contributed by atoms with van der Waals surface area (Å²) in [6.45, 7) is 2.21. The topological polar surface area (TPSA) is 45.2 Å². The summed E-state index contributed by atoms with van der Waals surface area (Å²) in [6.07, 6.45) is 6.23. The normalized spacial score (nSPS) is 14.5. The lowest BCUT2D eigenvalue weighted by atomic mass is 10.2. The molecule has 0 spiro atoms. The summed E-state index contributed by atoms with van der Waals surface area (Å²) in [5, 5.41) is 3.74. The Labute approximate surface area is 181 Å². The van der Waals surface area contributed by atoms with Crippen molar-refractivity contribution in [3.05, 3.63) is 59.1 Å². The first-order chi connectivity index (χ1) is 13.5. The molecule has 0 bridgehead atoms. The third-order valence-electron chi connectivity index (χ3n) is 3.73. The number of amides is 1. The summed E-state index contributed by atoms with van der Waals surface area (Å²) in [5.41, 5.74) is 2.13. The molecule has 0 aliphatic carbocycles. The van der Waals surface area contributed by atoms with Crippen LogP contribution >= 0.6 is 35.7 Å². The van der Waals surface area contributed by atoms with Crippen LogP contribution < -0.4 is 10.2 Å². The predicted molar refractivity (Wildman–Crippen MR) is 127 cm³/mol. The standard InChI is InChI=1S/C12H12N2OS2.C9H13NS/c1-14(2)9-5-3-8(4-6-9)7-10-11(15)13-12(16)17-10;1-2-3-8-11-9-6-4-5-7-10-9/h3-7H,1-2H3,(H,13,15,16);4-7H,2-3,8H2,1H3. The Morgan fingerprint density at radius 2 is 1.96 bits per heavy atom. The Balaban J connectivity index is 0.000000221. The Hall–Kier alpha value is -1.83. The minimum atomic E-state index is -0.114. The van der Waals surface area contributed by atoms with E-state index < -0.39 is 0 Å². The smallest absolute Gasteiger partial charge is 0.263 e. The van der Waals surface area contributed by atoms with Crippen molar-refractivity contribution in [1.82, 2.24) is 10.3 Å². The fraction of sp³-hybridized carbons (Fsp3) is 0.286. The van der Waals surface area contributed by atoms with Crippen molar-refractivity contribution in [3.63, 3.8) is 0 Å². The number of benzene rings is 1. The van der Waals surface area contributed by atoms with E-state index >= 15 is 0 Å². The van der Waals surface area contributed by atoms with Crippen LogP contribution in [0.2, 0.25) is 0 Å². The number of nitrogens with one attached hydrogen (secondary N) is 1. The Bertz CT molecular complexity index is 805. The molecule has 1 aliphatic heterocycles. The molecule has 0 unspecified atom stereocenters. The van der Waals surface area contributed by atoms with Crippen LogP contribution in [-0.2, 0) is 4.79 Å². The number of pyridine rings is 1. The Kier molecular flexibility index (Phi) is 9.54. The fourth-order valence-corrected chi connectivity index (χ4v) is 4.19. The number of aromatic nitrogens is 1. The number of hydrogen-bond acceptors (Lipinski definition) is 6. The van der Waals surface area contributed by atoms with Crippen LogP contribution in [-0.4, -0.2) is 35.1 Å². The van der Waals surface area contributed by atoms with Gasteiger partial charge < -0.3 is 10.2 Å². The van der Waals surface area contributed by atoms with Gasteiger partial charge in [0.2, 0.25) is 0 Å². The average Bonchev–Trinajstić information content (AvgIpc) is 3.01. The van der Waals surface area contributed by atoms with E-state index in [0.29, 0.717) is 9.23 Å². The molecule has 2 aromatic rings. The first-order valence-electron chi connectivity index (χ1n) is 9.05. The van der Waals surface area contributed by atoms with Crippen molar-refractivity contribution in [3.8, 4) is 0 Å². The summed E-state index contributed by atoms with van der Waals surface area (Å²) in [6, 6.07) is 14.0. The maximum absolute atomic E-state index is 11.5. The minimum Gasteiger partial charge on any atom is -0.378 e. The molecule has 1 saturated heterocycles. The highest BCUT2D eigenvalue weighted by molar-refractivity contribution is 8.26. The largest absolute Gasteiger partial charge is 0.378 e. The second kappa shape index (κ2) is 11.9. The third-order valence-corrected chi connectivity index (χ3v) is 5.93. The molecule has 148 valence electrons. The van der Waals surface area contributed by atoms with Crippen LogP contribution in [0.3, 0.4) is 0 Å². The fourth-order valence-electron chi connectivity index (χ4n) is 2.19. The molecule has 4 nitrogen and oxygen atoms in total. The van der Waals surface area contributed by atoms with Crippen LogP contribution in [0.5, 0.6) is 0 Å². The summed E-state index contributed by atoms with van der Waals surface area (Å²) >= 11 is 8.06. The van der Waals surface area contributed by atoms with Gasteiger partial charge in [-0.1, -0.05) is 55.5 Å². The minimum absolute atomic E-state index is 0.114. The second-order valence-electron chi connectivity index (χ2n) is 6.21. The summed E-state index contributed by atoms with van der Waals surface area (Å²) in [4.78, 5) is 18.4. The van der Waals surface area contributed by atoms with Crippen molar-refractivity contribution in [1.29, 1.82) is 0 Å². The number of rotatable bonds is 6. The van der Waals surface area contributed by atoms with Crippen molar-refractivity contribution >= 4 is 57.7 Å². The van der Waals surface area contributed by atoms with E-state index in [1.54, 1.807) is 0 Å². The number of carbonyl (C=O) groups excluding carboxylic acids is 1. The van der Waals surface area contributed by atoms with E-state index in [0.717, 1.165) is 16.3 Å². The quantitative estimate of drug-likeness (QED) is 0.293.